The molecule has 0 aliphatic heterocycles. The fourth-order valence-electron chi connectivity index (χ4n) is 4.30. The van der Waals surface area contributed by atoms with E-state index in [-0.39, 0.29) is 0 Å². The summed E-state index contributed by atoms with van der Waals surface area (Å²) in [5.41, 5.74) is 2.28. The third kappa shape index (κ3) is 4.60. The topological polar surface area (TPSA) is 55.1 Å². The van der Waals surface area contributed by atoms with Gasteiger partial charge in [0.1, 0.15) is 5.75 Å². The van der Waals surface area contributed by atoms with Crippen LogP contribution in [-0.4, -0.2) is 18.7 Å². The standard InChI is InChI=1S/C23H28N2O2/c1-16-12-17(2)19(13-16)6-5-11-27-22-9-8-18(15-24)14-21(22)20-7-4-10-25-23(20)26-3/h4,7-10,14,16-17,19H,5-6,11-13H2,1-3H3. The number of nitrogens with zero attached hydrogens (tertiary/aromatic N) is 2. The van der Waals surface area contributed by atoms with Crippen LogP contribution >= 0.6 is 0 Å². The third-order valence-electron chi connectivity index (χ3n) is 5.62. The average Bonchev–Trinajstić information content (AvgIpc) is 3.02. The molecule has 0 spiro atoms. The number of aromatic nitrogens is 1. The Morgan fingerprint density at radius 2 is 2.04 bits per heavy atom. The minimum atomic E-state index is 0.534. The minimum absolute atomic E-state index is 0.534. The molecule has 1 heterocycles. The van der Waals surface area contributed by atoms with Crippen LogP contribution in [0, 0.1) is 29.1 Å². The summed E-state index contributed by atoms with van der Waals surface area (Å²) < 4.78 is 11.5. The highest BCUT2D eigenvalue weighted by molar-refractivity contribution is 5.75. The molecule has 0 N–H and O–H groups in total. The van der Waals surface area contributed by atoms with Crippen molar-refractivity contribution in [1.82, 2.24) is 4.98 Å². The Kier molecular flexibility index (Phi) is 6.34. The number of ether oxygens (including phenoxy) is 2. The zero-order valence-corrected chi connectivity index (χ0v) is 16.4. The summed E-state index contributed by atoms with van der Waals surface area (Å²) in [6.07, 6.45) is 6.65. The molecular weight excluding hydrogens is 336 g/mol. The molecule has 0 amide bonds. The average molecular weight is 364 g/mol. The highest BCUT2D eigenvalue weighted by Gasteiger charge is 2.27. The van der Waals surface area contributed by atoms with Gasteiger partial charge < -0.3 is 9.47 Å². The molecule has 0 radical (unpaired) electrons. The first-order valence-electron chi connectivity index (χ1n) is 9.78. The summed E-state index contributed by atoms with van der Waals surface area (Å²) in [6, 6.07) is 11.5. The second-order valence-electron chi connectivity index (χ2n) is 7.69. The van der Waals surface area contributed by atoms with Crippen molar-refractivity contribution >= 4 is 0 Å². The first kappa shape index (κ1) is 19.2. The second-order valence-corrected chi connectivity index (χ2v) is 7.69. The van der Waals surface area contributed by atoms with Gasteiger partial charge in [0.25, 0.3) is 0 Å². The summed E-state index contributed by atoms with van der Waals surface area (Å²) >= 11 is 0. The second kappa shape index (κ2) is 8.90. The fourth-order valence-corrected chi connectivity index (χ4v) is 4.30. The van der Waals surface area contributed by atoms with Crippen molar-refractivity contribution in [2.24, 2.45) is 17.8 Å². The molecule has 1 aliphatic carbocycles. The maximum absolute atomic E-state index is 9.27. The lowest BCUT2D eigenvalue weighted by atomic mass is 9.93. The normalized spacial score (nSPS) is 21.6. The van der Waals surface area contributed by atoms with Gasteiger partial charge in [0.15, 0.2) is 0 Å². The van der Waals surface area contributed by atoms with E-state index in [2.05, 4.69) is 24.9 Å². The number of hydrogen-bond donors (Lipinski definition) is 0. The summed E-state index contributed by atoms with van der Waals surface area (Å²) in [5.74, 6) is 3.81. The van der Waals surface area contributed by atoms with Crippen LogP contribution in [0.3, 0.4) is 0 Å². The molecule has 3 unspecified atom stereocenters. The molecule has 1 aromatic carbocycles. The molecule has 3 atom stereocenters. The van der Waals surface area contributed by atoms with Crippen LogP contribution in [0.25, 0.3) is 11.1 Å². The minimum Gasteiger partial charge on any atom is -0.493 e. The van der Waals surface area contributed by atoms with Crippen molar-refractivity contribution in [2.45, 2.75) is 39.5 Å². The Bertz CT molecular complexity index is 812. The molecule has 2 aromatic rings. The van der Waals surface area contributed by atoms with Crippen molar-refractivity contribution in [3.63, 3.8) is 0 Å². The molecule has 1 aliphatic rings. The maximum Gasteiger partial charge on any atom is 0.221 e. The summed E-state index contributed by atoms with van der Waals surface area (Å²) in [7, 11) is 1.60. The molecule has 1 fully saturated rings. The van der Waals surface area contributed by atoms with E-state index in [0.717, 1.165) is 41.1 Å². The summed E-state index contributed by atoms with van der Waals surface area (Å²) in [4.78, 5) is 4.27. The molecule has 1 aromatic heterocycles. The van der Waals surface area contributed by atoms with Crippen LogP contribution in [0.15, 0.2) is 36.5 Å². The van der Waals surface area contributed by atoms with Gasteiger partial charge in [-0.05, 0) is 73.8 Å². The van der Waals surface area contributed by atoms with Gasteiger partial charge in [-0.2, -0.15) is 5.26 Å². The van der Waals surface area contributed by atoms with Gasteiger partial charge in [0, 0.05) is 17.3 Å². The number of hydrogen-bond acceptors (Lipinski definition) is 4. The number of pyridine rings is 1. The van der Waals surface area contributed by atoms with Crippen molar-refractivity contribution in [3.05, 3.63) is 42.1 Å². The van der Waals surface area contributed by atoms with E-state index >= 15 is 0 Å². The predicted molar refractivity (Wildman–Crippen MR) is 107 cm³/mol. The number of benzene rings is 1. The largest absolute Gasteiger partial charge is 0.493 e. The highest BCUT2D eigenvalue weighted by atomic mass is 16.5. The van der Waals surface area contributed by atoms with Crippen molar-refractivity contribution in [2.75, 3.05) is 13.7 Å². The molecule has 0 bridgehead atoms. The van der Waals surface area contributed by atoms with Crippen LogP contribution in [0.4, 0.5) is 0 Å². The Balaban J connectivity index is 1.71. The number of nitriles is 1. The molecule has 1 saturated carbocycles. The lowest BCUT2D eigenvalue weighted by molar-refractivity contribution is 0.280. The van der Waals surface area contributed by atoms with Crippen LogP contribution in [0.1, 0.15) is 45.1 Å². The van der Waals surface area contributed by atoms with E-state index in [9.17, 15) is 5.26 Å². The molecule has 142 valence electrons. The molecule has 27 heavy (non-hydrogen) atoms. The van der Waals surface area contributed by atoms with E-state index < -0.39 is 0 Å². The first-order chi connectivity index (χ1) is 13.1. The maximum atomic E-state index is 9.27. The van der Waals surface area contributed by atoms with Crippen LogP contribution < -0.4 is 9.47 Å². The molecule has 4 nitrogen and oxygen atoms in total. The number of methoxy groups -OCH3 is 1. The molecule has 0 saturated heterocycles. The van der Waals surface area contributed by atoms with E-state index in [0.29, 0.717) is 18.1 Å². The van der Waals surface area contributed by atoms with Gasteiger partial charge in [-0.1, -0.05) is 13.8 Å². The van der Waals surface area contributed by atoms with E-state index in [4.69, 9.17) is 9.47 Å². The van der Waals surface area contributed by atoms with Gasteiger partial charge in [-0.3, -0.25) is 0 Å². The summed E-state index contributed by atoms with van der Waals surface area (Å²) in [6.45, 7) is 5.42. The van der Waals surface area contributed by atoms with Gasteiger partial charge in [0.2, 0.25) is 5.88 Å². The molecule has 4 heteroatoms. The molecule has 3 rings (SSSR count). The van der Waals surface area contributed by atoms with Crippen molar-refractivity contribution in [3.8, 4) is 28.8 Å². The molecular formula is C23H28N2O2. The van der Waals surface area contributed by atoms with Crippen LogP contribution in [0.2, 0.25) is 0 Å². The van der Waals surface area contributed by atoms with Crippen molar-refractivity contribution < 1.29 is 9.47 Å². The van der Waals surface area contributed by atoms with E-state index in [1.165, 1.54) is 19.3 Å². The Morgan fingerprint density at radius 1 is 1.19 bits per heavy atom. The van der Waals surface area contributed by atoms with Gasteiger partial charge in [-0.15, -0.1) is 0 Å². The van der Waals surface area contributed by atoms with Gasteiger partial charge in [0.05, 0.1) is 25.3 Å². The quantitative estimate of drug-likeness (QED) is 0.611. The van der Waals surface area contributed by atoms with Gasteiger partial charge in [-0.25, -0.2) is 4.98 Å². The van der Waals surface area contributed by atoms with Gasteiger partial charge >= 0.3 is 0 Å². The lowest BCUT2D eigenvalue weighted by Gasteiger charge is -2.17. The monoisotopic (exact) mass is 364 g/mol. The van der Waals surface area contributed by atoms with E-state index in [1.807, 2.05) is 24.3 Å². The highest BCUT2D eigenvalue weighted by Crippen LogP contribution is 2.39. The third-order valence-corrected chi connectivity index (χ3v) is 5.62. The first-order valence-corrected chi connectivity index (χ1v) is 9.78. The Hall–Kier alpha value is -2.54. The Morgan fingerprint density at radius 3 is 2.74 bits per heavy atom. The Labute approximate surface area is 162 Å². The summed E-state index contributed by atoms with van der Waals surface area (Å²) in [5, 5.41) is 9.27. The smallest absolute Gasteiger partial charge is 0.221 e. The zero-order chi connectivity index (χ0) is 19.2. The van der Waals surface area contributed by atoms with E-state index in [1.54, 1.807) is 19.4 Å². The van der Waals surface area contributed by atoms with Crippen LogP contribution in [0.5, 0.6) is 11.6 Å². The fraction of sp³-hybridized carbons (Fsp3) is 0.478. The number of rotatable bonds is 7. The SMILES string of the molecule is COc1ncccc1-c1cc(C#N)ccc1OCCCC1CC(C)CC1C. The lowest BCUT2D eigenvalue weighted by Crippen LogP contribution is -2.07. The predicted octanol–water partition coefficient (Wildman–Crippen LogP) is 5.47. The zero-order valence-electron chi connectivity index (χ0n) is 16.4. The van der Waals surface area contributed by atoms with Crippen LogP contribution in [-0.2, 0) is 0 Å². The van der Waals surface area contributed by atoms with Crippen molar-refractivity contribution in [1.29, 1.82) is 5.26 Å².